The molecule has 138 valence electrons. The van der Waals surface area contributed by atoms with Crippen LogP contribution in [0.3, 0.4) is 0 Å². The van der Waals surface area contributed by atoms with E-state index in [-0.39, 0.29) is 11.5 Å². The molecule has 0 saturated heterocycles. The molecule has 2 heterocycles. The fourth-order valence-electron chi connectivity index (χ4n) is 3.60. The second-order valence-electron chi connectivity index (χ2n) is 6.75. The summed E-state index contributed by atoms with van der Waals surface area (Å²) in [6.07, 6.45) is 3.64. The summed E-state index contributed by atoms with van der Waals surface area (Å²) in [6.45, 7) is 2.35. The molecule has 7 heteroatoms. The van der Waals surface area contributed by atoms with Gasteiger partial charge in [0.05, 0.1) is 11.1 Å². The van der Waals surface area contributed by atoms with Crippen LogP contribution in [0.15, 0.2) is 29.1 Å². The number of nitrogens with zero attached hydrogens (tertiary/aromatic N) is 2. The molecule has 1 aliphatic carbocycles. The van der Waals surface area contributed by atoms with Gasteiger partial charge in [0.25, 0.3) is 5.91 Å². The topological polar surface area (TPSA) is 87.7 Å². The van der Waals surface area contributed by atoms with Crippen molar-refractivity contribution in [3.05, 3.63) is 68.8 Å². The van der Waals surface area contributed by atoms with Crippen molar-refractivity contribution in [1.29, 1.82) is 0 Å². The van der Waals surface area contributed by atoms with E-state index in [1.54, 1.807) is 0 Å². The third kappa shape index (κ3) is 3.45. The Kier molecular flexibility index (Phi) is 4.43. The summed E-state index contributed by atoms with van der Waals surface area (Å²) < 4.78 is 13.4. The van der Waals surface area contributed by atoms with Crippen molar-refractivity contribution >= 4 is 16.8 Å². The van der Waals surface area contributed by atoms with E-state index >= 15 is 0 Å². The molecule has 0 unspecified atom stereocenters. The summed E-state index contributed by atoms with van der Waals surface area (Å²) in [5, 5.41) is 3.30. The first-order valence-corrected chi connectivity index (χ1v) is 8.97. The lowest BCUT2D eigenvalue weighted by atomic mass is 10.1. The van der Waals surface area contributed by atoms with E-state index in [4.69, 9.17) is 0 Å². The average Bonchev–Trinajstić information content (AvgIpc) is 3.09. The highest BCUT2D eigenvalue weighted by atomic mass is 19.1. The summed E-state index contributed by atoms with van der Waals surface area (Å²) in [5.41, 5.74) is 3.46. The highest BCUT2D eigenvalue weighted by Crippen LogP contribution is 2.22. The Labute approximate surface area is 154 Å². The fraction of sp³-hybridized carbons (Fsp3) is 0.300. The monoisotopic (exact) mass is 366 g/mol. The number of carbonyl (C=O) groups excluding carboxylic acids is 1. The van der Waals surface area contributed by atoms with Gasteiger partial charge in [-0.3, -0.25) is 9.59 Å². The zero-order valence-corrected chi connectivity index (χ0v) is 14.9. The Balaban J connectivity index is 1.50. The van der Waals surface area contributed by atoms with E-state index < -0.39 is 11.4 Å². The predicted molar refractivity (Wildman–Crippen MR) is 99.4 cm³/mol. The number of hydrogen-bond acceptors (Lipinski definition) is 4. The van der Waals surface area contributed by atoms with Crippen molar-refractivity contribution in [2.45, 2.75) is 32.6 Å². The van der Waals surface area contributed by atoms with Gasteiger partial charge in [-0.05, 0) is 49.9 Å². The molecule has 0 bridgehead atoms. The first kappa shape index (κ1) is 17.3. The minimum atomic E-state index is -0.472. The molecule has 27 heavy (non-hydrogen) atoms. The van der Waals surface area contributed by atoms with Gasteiger partial charge in [0, 0.05) is 35.8 Å². The minimum Gasteiger partial charge on any atom is -0.352 e. The van der Waals surface area contributed by atoms with Crippen molar-refractivity contribution < 1.29 is 9.18 Å². The van der Waals surface area contributed by atoms with Gasteiger partial charge in [-0.2, -0.15) is 0 Å². The van der Waals surface area contributed by atoms with Gasteiger partial charge in [0.2, 0.25) is 5.56 Å². The number of nitrogens with one attached hydrogen (secondary N) is 2. The van der Waals surface area contributed by atoms with E-state index in [1.807, 2.05) is 6.92 Å². The Hall–Kier alpha value is -3.09. The lowest BCUT2D eigenvalue weighted by Gasteiger charge is -2.09. The molecule has 2 N–H and O–H groups in total. The van der Waals surface area contributed by atoms with Gasteiger partial charge in [0.15, 0.2) is 0 Å². The van der Waals surface area contributed by atoms with E-state index in [0.29, 0.717) is 29.7 Å². The summed E-state index contributed by atoms with van der Waals surface area (Å²) in [5.74, 6) is -0.137. The van der Waals surface area contributed by atoms with E-state index in [9.17, 15) is 14.0 Å². The van der Waals surface area contributed by atoms with Crippen LogP contribution in [0.25, 0.3) is 10.9 Å². The van der Waals surface area contributed by atoms with Crippen LogP contribution >= 0.6 is 0 Å². The van der Waals surface area contributed by atoms with Crippen LogP contribution in [0.2, 0.25) is 0 Å². The number of aromatic amines is 1. The number of aromatic nitrogens is 3. The molecule has 4 rings (SSSR count). The number of hydrogen-bond donors (Lipinski definition) is 2. The van der Waals surface area contributed by atoms with Gasteiger partial charge < -0.3 is 10.3 Å². The second-order valence-corrected chi connectivity index (χ2v) is 6.75. The lowest BCUT2D eigenvalue weighted by molar-refractivity contribution is 0.0955. The molecule has 0 atom stereocenters. The number of H-pyrrole nitrogens is 1. The zero-order chi connectivity index (χ0) is 19.0. The van der Waals surface area contributed by atoms with E-state index in [0.717, 1.165) is 30.7 Å². The summed E-state index contributed by atoms with van der Waals surface area (Å²) in [4.78, 5) is 36.0. The fourth-order valence-corrected chi connectivity index (χ4v) is 3.60. The number of rotatable bonds is 4. The smallest absolute Gasteiger partial charge is 0.252 e. The first-order valence-electron chi connectivity index (χ1n) is 8.97. The molecular formula is C20H19FN4O2. The van der Waals surface area contributed by atoms with Crippen molar-refractivity contribution in [1.82, 2.24) is 20.3 Å². The molecule has 1 aliphatic rings. The maximum absolute atomic E-state index is 13.4. The van der Waals surface area contributed by atoms with Crippen molar-refractivity contribution in [2.24, 2.45) is 0 Å². The van der Waals surface area contributed by atoms with Crippen molar-refractivity contribution in [2.75, 3.05) is 6.54 Å². The number of benzene rings is 1. The Morgan fingerprint density at radius 3 is 2.96 bits per heavy atom. The number of amides is 1. The third-order valence-electron chi connectivity index (χ3n) is 4.87. The Bertz CT molecular complexity index is 1110. The summed E-state index contributed by atoms with van der Waals surface area (Å²) >= 11 is 0. The molecule has 0 aliphatic heterocycles. The quantitative estimate of drug-likeness (QED) is 0.741. The largest absolute Gasteiger partial charge is 0.352 e. The number of carbonyl (C=O) groups is 1. The second kappa shape index (κ2) is 6.90. The summed E-state index contributed by atoms with van der Waals surface area (Å²) in [7, 11) is 0. The van der Waals surface area contributed by atoms with E-state index in [1.165, 1.54) is 29.8 Å². The molecule has 2 aromatic heterocycles. The molecule has 6 nitrogen and oxygen atoms in total. The number of pyridine rings is 1. The normalized spacial score (nSPS) is 13.0. The maximum atomic E-state index is 13.4. The molecule has 0 fully saturated rings. The van der Waals surface area contributed by atoms with Gasteiger partial charge in [-0.15, -0.1) is 0 Å². The van der Waals surface area contributed by atoms with Gasteiger partial charge in [-0.1, -0.05) is 0 Å². The number of halogens is 1. The van der Waals surface area contributed by atoms with Crippen LogP contribution in [0.4, 0.5) is 4.39 Å². The lowest BCUT2D eigenvalue weighted by Crippen LogP contribution is -2.27. The van der Waals surface area contributed by atoms with Crippen LogP contribution in [-0.4, -0.2) is 27.4 Å². The van der Waals surface area contributed by atoms with Crippen LogP contribution in [0, 0.1) is 12.7 Å². The SMILES string of the molecule is Cc1nc(CCNC(=O)c2cc(=O)[nH]c3cc(F)ccc23)nc2c1CCC2. The molecular weight excluding hydrogens is 347 g/mol. The molecule has 0 spiro atoms. The van der Waals surface area contributed by atoms with Gasteiger partial charge in [0.1, 0.15) is 11.6 Å². The predicted octanol–water partition coefficient (Wildman–Crippen LogP) is 2.23. The molecule has 0 radical (unpaired) electrons. The summed E-state index contributed by atoms with van der Waals surface area (Å²) in [6, 6.07) is 5.18. The third-order valence-corrected chi connectivity index (χ3v) is 4.87. The van der Waals surface area contributed by atoms with Crippen molar-refractivity contribution in [3.63, 3.8) is 0 Å². The Morgan fingerprint density at radius 1 is 1.26 bits per heavy atom. The van der Waals surface area contributed by atoms with Gasteiger partial charge >= 0.3 is 0 Å². The van der Waals surface area contributed by atoms with Crippen molar-refractivity contribution in [3.8, 4) is 0 Å². The van der Waals surface area contributed by atoms with Crippen LogP contribution in [-0.2, 0) is 19.3 Å². The van der Waals surface area contributed by atoms with Gasteiger partial charge in [-0.25, -0.2) is 14.4 Å². The van der Waals surface area contributed by atoms with Crippen LogP contribution in [0.5, 0.6) is 0 Å². The van der Waals surface area contributed by atoms with Crippen LogP contribution in [0.1, 0.15) is 39.6 Å². The maximum Gasteiger partial charge on any atom is 0.252 e. The Morgan fingerprint density at radius 2 is 2.11 bits per heavy atom. The minimum absolute atomic E-state index is 0.222. The highest BCUT2D eigenvalue weighted by molar-refractivity contribution is 6.05. The van der Waals surface area contributed by atoms with E-state index in [2.05, 4.69) is 20.3 Å². The average molecular weight is 366 g/mol. The first-order chi connectivity index (χ1) is 13.0. The molecule has 3 aromatic rings. The molecule has 1 aromatic carbocycles. The molecule has 1 amide bonds. The number of fused-ring (bicyclic) bond motifs is 2. The standard InChI is InChI=1S/C20H19FN4O2/c1-11-13-3-2-4-16(13)24-18(23-11)7-8-22-20(27)15-10-19(26)25-17-9-12(21)5-6-14(15)17/h5-6,9-10H,2-4,7-8H2,1H3,(H,22,27)(H,25,26). The number of aryl methyl sites for hydroxylation is 2. The van der Waals surface area contributed by atoms with Crippen LogP contribution < -0.4 is 10.9 Å². The highest BCUT2D eigenvalue weighted by Gasteiger charge is 2.17. The zero-order valence-electron chi connectivity index (χ0n) is 14.9. The molecule has 0 saturated carbocycles.